The smallest absolute Gasteiger partial charge is 0.322 e. The number of imide groups is 1. The molecule has 18 heavy (non-hydrogen) atoms. The van der Waals surface area contributed by atoms with Gasteiger partial charge in [-0.2, -0.15) is 12.7 Å². The largest absolute Gasteiger partial charge is 0.322 e. The summed E-state index contributed by atoms with van der Waals surface area (Å²) in [6, 6.07) is -0.569. The van der Waals surface area contributed by atoms with E-state index in [-0.39, 0.29) is 19.5 Å². The van der Waals surface area contributed by atoms with Crippen molar-refractivity contribution in [1.29, 1.82) is 0 Å². The Hall–Kier alpha value is -1.19. The number of hydrogen-bond donors (Lipinski definition) is 3. The topological polar surface area (TPSA) is 108 Å². The second-order valence-corrected chi connectivity index (χ2v) is 6.23. The van der Waals surface area contributed by atoms with Crippen LogP contribution < -0.4 is 15.4 Å². The quantitative estimate of drug-likeness (QED) is 0.544. The Morgan fingerprint density at radius 2 is 2.17 bits per heavy atom. The summed E-state index contributed by atoms with van der Waals surface area (Å²) in [5, 5.41) is 4.64. The normalized spacial score (nSPS) is 28.7. The summed E-state index contributed by atoms with van der Waals surface area (Å²) < 4.78 is 27.4. The van der Waals surface area contributed by atoms with E-state index in [0.717, 1.165) is 0 Å². The van der Waals surface area contributed by atoms with E-state index in [1.54, 1.807) is 0 Å². The Morgan fingerprint density at radius 1 is 1.44 bits per heavy atom. The summed E-state index contributed by atoms with van der Waals surface area (Å²) in [6.45, 7) is 2.40. The number of carbonyl (C=O) groups is 2. The van der Waals surface area contributed by atoms with E-state index >= 15 is 0 Å². The SMILES string of the molecule is CCCNS(=O)(=O)N1CCC2(C1)NC(=O)NC2=O. The maximum absolute atomic E-state index is 11.9. The van der Waals surface area contributed by atoms with Gasteiger partial charge in [-0.3, -0.25) is 10.1 Å². The molecule has 2 aliphatic rings. The third-order valence-corrected chi connectivity index (χ3v) is 4.68. The summed E-state index contributed by atoms with van der Waals surface area (Å²) in [6.07, 6.45) is 0.979. The van der Waals surface area contributed by atoms with Crippen LogP contribution in [0, 0.1) is 0 Å². The Balaban J connectivity index is 2.09. The molecule has 0 radical (unpaired) electrons. The number of rotatable bonds is 4. The summed E-state index contributed by atoms with van der Waals surface area (Å²) in [5.74, 6) is -0.458. The van der Waals surface area contributed by atoms with Crippen molar-refractivity contribution in [3.05, 3.63) is 0 Å². The zero-order valence-electron chi connectivity index (χ0n) is 10.0. The zero-order valence-corrected chi connectivity index (χ0v) is 10.8. The first-order chi connectivity index (χ1) is 8.39. The Kier molecular flexibility index (Phi) is 3.30. The van der Waals surface area contributed by atoms with Crippen LogP contribution in [-0.2, 0) is 15.0 Å². The predicted octanol–water partition coefficient (Wildman–Crippen LogP) is -1.49. The third-order valence-electron chi connectivity index (χ3n) is 3.12. The van der Waals surface area contributed by atoms with Crippen LogP contribution in [0.4, 0.5) is 4.79 Å². The molecule has 0 bridgehead atoms. The lowest BCUT2D eigenvalue weighted by Gasteiger charge is -2.21. The lowest BCUT2D eigenvalue weighted by molar-refractivity contribution is -0.123. The maximum Gasteiger partial charge on any atom is 0.322 e. The van der Waals surface area contributed by atoms with E-state index < -0.39 is 27.7 Å². The van der Waals surface area contributed by atoms with Crippen LogP contribution in [0.2, 0.25) is 0 Å². The van der Waals surface area contributed by atoms with E-state index in [4.69, 9.17) is 0 Å². The molecule has 102 valence electrons. The molecule has 8 nitrogen and oxygen atoms in total. The van der Waals surface area contributed by atoms with Gasteiger partial charge in [0.25, 0.3) is 16.1 Å². The van der Waals surface area contributed by atoms with E-state index in [9.17, 15) is 18.0 Å². The highest BCUT2D eigenvalue weighted by atomic mass is 32.2. The van der Waals surface area contributed by atoms with Crippen LogP contribution in [0.15, 0.2) is 0 Å². The first-order valence-corrected chi connectivity index (χ1v) is 7.22. The summed E-state index contributed by atoms with van der Waals surface area (Å²) in [4.78, 5) is 22.8. The average Bonchev–Trinajstić information content (AvgIpc) is 2.83. The summed E-state index contributed by atoms with van der Waals surface area (Å²) in [5.41, 5.74) is -1.10. The molecule has 9 heteroatoms. The van der Waals surface area contributed by atoms with Gasteiger partial charge in [-0.15, -0.1) is 0 Å². The number of nitrogens with zero attached hydrogens (tertiary/aromatic N) is 1. The van der Waals surface area contributed by atoms with Crippen molar-refractivity contribution in [1.82, 2.24) is 19.7 Å². The minimum absolute atomic E-state index is 0.0242. The maximum atomic E-state index is 11.9. The van der Waals surface area contributed by atoms with Crippen molar-refractivity contribution in [2.45, 2.75) is 25.3 Å². The van der Waals surface area contributed by atoms with E-state index in [2.05, 4.69) is 15.4 Å². The Labute approximate surface area is 105 Å². The number of amides is 3. The van der Waals surface area contributed by atoms with Gasteiger partial charge >= 0.3 is 6.03 Å². The van der Waals surface area contributed by atoms with Gasteiger partial charge in [-0.25, -0.2) is 9.52 Å². The van der Waals surface area contributed by atoms with Crippen LogP contribution >= 0.6 is 0 Å². The number of urea groups is 1. The van der Waals surface area contributed by atoms with Gasteiger partial charge in [0.05, 0.1) is 0 Å². The molecular formula is C9H16N4O4S. The summed E-state index contributed by atoms with van der Waals surface area (Å²) in [7, 11) is -3.57. The van der Waals surface area contributed by atoms with Crippen molar-refractivity contribution in [2.24, 2.45) is 0 Å². The minimum Gasteiger partial charge on any atom is -0.322 e. The molecule has 3 amide bonds. The van der Waals surface area contributed by atoms with E-state index in [1.165, 1.54) is 4.31 Å². The molecule has 0 aromatic heterocycles. The second-order valence-electron chi connectivity index (χ2n) is 4.47. The van der Waals surface area contributed by atoms with Crippen molar-refractivity contribution < 1.29 is 18.0 Å². The molecule has 2 heterocycles. The highest BCUT2D eigenvalue weighted by Crippen LogP contribution is 2.26. The third kappa shape index (κ3) is 2.20. The van der Waals surface area contributed by atoms with Crippen LogP contribution in [-0.4, -0.2) is 49.8 Å². The van der Waals surface area contributed by atoms with Gasteiger partial charge in [0.1, 0.15) is 5.54 Å². The monoisotopic (exact) mass is 276 g/mol. The van der Waals surface area contributed by atoms with Crippen molar-refractivity contribution >= 4 is 22.1 Å². The molecule has 1 unspecified atom stereocenters. The first kappa shape index (κ1) is 13.2. The number of nitrogens with one attached hydrogen (secondary N) is 3. The predicted molar refractivity (Wildman–Crippen MR) is 62.8 cm³/mol. The number of carbonyl (C=O) groups excluding carboxylic acids is 2. The Bertz CT molecular complexity index is 477. The second kappa shape index (κ2) is 4.48. The fourth-order valence-corrected chi connectivity index (χ4v) is 3.48. The van der Waals surface area contributed by atoms with E-state index in [1.807, 2.05) is 6.92 Å². The first-order valence-electron chi connectivity index (χ1n) is 5.78. The molecule has 1 spiro atoms. The van der Waals surface area contributed by atoms with Crippen molar-refractivity contribution in [2.75, 3.05) is 19.6 Å². The van der Waals surface area contributed by atoms with Crippen LogP contribution in [0.3, 0.4) is 0 Å². The summed E-state index contributed by atoms with van der Waals surface area (Å²) >= 11 is 0. The van der Waals surface area contributed by atoms with E-state index in [0.29, 0.717) is 13.0 Å². The highest BCUT2D eigenvalue weighted by molar-refractivity contribution is 7.87. The van der Waals surface area contributed by atoms with Gasteiger partial charge in [0.15, 0.2) is 0 Å². The molecule has 3 N–H and O–H groups in total. The zero-order chi connectivity index (χ0) is 13.4. The number of hydrogen-bond acceptors (Lipinski definition) is 4. The lowest BCUT2D eigenvalue weighted by atomic mass is 10.00. The van der Waals surface area contributed by atoms with Gasteiger partial charge in [-0.1, -0.05) is 6.92 Å². The molecule has 2 saturated heterocycles. The molecule has 2 aliphatic heterocycles. The molecule has 0 saturated carbocycles. The minimum atomic E-state index is -3.57. The van der Waals surface area contributed by atoms with Gasteiger partial charge in [0.2, 0.25) is 0 Å². The molecule has 0 aliphatic carbocycles. The van der Waals surface area contributed by atoms with Gasteiger partial charge in [0, 0.05) is 19.6 Å². The molecular weight excluding hydrogens is 260 g/mol. The van der Waals surface area contributed by atoms with Crippen molar-refractivity contribution in [3.63, 3.8) is 0 Å². The average molecular weight is 276 g/mol. The fraction of sp³-hybridized carbons (Fsp3) is 0.778. The Morgan fingerprint density at radius 3 is 2.72 bits per heavy atom. The van der Waals surface area contributed by atoms with Crippen molar-refractivity contribution in [3.8, 4) is 0 Å². The molecule has 1 atom stereocenters. The fourth-order valence-electron chi connectivity index (χ4n) is 2.12. The van der Waals surface area contributed by atoms with Crippen LogP contribution in [0.25, 0.3) is 0 Å². The molecule has 0 aromatic rings. The van der Waals surface area contributed by atoms with Gasteiger partial charge < -0.3 is 5.32 Å². The van der Waals surface area contributed by atoms with Gasteiger partial charge in [-0.05, 0) is 12.8 Å². The molecule has 2 fully saturated rings. The highest BCUT2D eigenvalue weighted by Gasteiger charge is 2.52. The van der Waals surface area contributed by atoms with Crippen LogP contribution in [0.1, 0.15) is 19.8 Å². The molecule has 2 rings (SSSR count). The standard InChI is InChI=1S/C9H16N4O4S/c1-2-4-10-18(16,17)13-5-3-9(6-13)7(14)11-8(15)12-9/h10H,2-6H2,1H3,(H2,11,12,14,15). The lowest BCUT2D eigenvalue weighted by Crippen LogP contribution is -2.50. The molecule has 0 aromatic carbocycles. The van der Waals surface area contributed by atoms with Crippen LogP contribution in [0.5, 0.6) is 0 Å².